The Bertz CT molecular complexity index is 732. The average Bonchev–Trinajstić information content (AvgIpc) is 3.14. The molecule has 0 saturated carbocycles. The number of carbonyl (C=O) groups excluding carboxylic acids is 2. The molecule has 0 radical (unpaired) electrons. The van der Waals surface area contributed by atoms with E-state index in [0.717, 1.165) is 12.0 Å². The lowest BCUT2D eigenvalue weighted by Gasteiger charge is -2.25. The SMILES string of the molecule is COCCCNC(=O)[C@@H]1CN(C(=O)NC(C)(C)C)C[C@@H]1c1ccc(OC)cc1OC. The van der Waals surface area contributed by atoms with Crippen molar-refractivity contribution in [2.24, 2.45) is 5.92 Å². The number of nitrogens with zero attached hydrogens (tertiary/aromatic N) is 1. The fraction of sp³-hybridized carbons (Fsp3) is 0.636. The van der Waals surface area contributed by atoms with Gasteiger partial charge in [0, 0.05) is 56.4 Å². The Balaban J connectivity index is 2.26. The van der Waals surface area contributed by atoms with Crippen LogP contribution < -0.4 is 20.1 Å². The van der Waals surface area contributed by atoms with Crippen molar-refractivity contribution in [2.75, 3.05) is 47.6 Å². The average molecular weight is 422 g/mol. The van der Waals surface area contributed by atoms with Crippen molar-refractivity contribution in [1.82, 2.24) is 15.5 Å². The monoisotopic (exact) mass is 421 g/mol. The number of ether oxygens (including phenoxy) is 3. The maximum Gasteiger partial charge on any atom is 0.317 e. The van der Waals surface area contributed by atoms with Crippen molar-refractivity contribution in [3.05, 3.63) is 23.8 Å². The molecule has 3 amide bonds. The summed E-state index contributed by atoms with van der Waals surface area (Å²) in [5.74, 6) is 0.700. The molecular weight excluding hydrogens is 386 g/mol. The second kappa shape index (κ2) is 10.5. The van der Waals surface area contributed by atoms with E-state index >= 15 is 0 Å². The van der Waals surface area contributed by atoms with Gasteiger partial charge in [-0.2, -0.15) is 0 Å². The van der Waals surface area contributed by atoms with Gasteiger partial charge in [-0.15, -0.1) is 0 Å². The molecule has 0 aromatic heterocycles. The number of rotatable bonds is 8. The summed E-state index contributed by atoms with van der Waals surface area (Å²) >= 11 is 0. The van der Waals surface area contributed by atoms with Gasteiger partial charge in [0.2, 0.25) is 5.91 Å². The molecular formula is C22H35N3O5. The Hall–Kier alpha value is -2.48. The predicted molar refractivity (Wildman–Crippen MR) is 115 cm³/mol. The number of hydrogen-bond donors (Lipinski definition) is 2. The van der Waals surface area contributed by atoms with Gasteiger partial charge < -0.3 is 29.7 Å². The van der Waals surface area contributed by atoms with Crippen molar-refractivity contribution >= 4 is 11.9 Å². The van der Waals surface area contributed by atoms with Crippen LogP contribution in [0.15, 0.2) is 18.2 Å². The molecule has 1 aromatic rings. The van der Waals surface area contributed by atoms with Gasteiger partial charge in [0.1, 0.15) is 11.5 Å². The summed E-state index contributed by atoms with van der Waals surface area (Å²) in [6.07, 6.45) is 0.736. The third kappa shape index (κ3) is 6.26. The van der Waals surface area contributed by atoms with E-state index in [-0.39, 0.29) is 29.3 Å². The minimum absolute atomic E-state index is 0.0694. The summed E-state index contributed by atoms with van der Waals surface area (Å²) in [6, 6.07) is 5.40. The van der Waals surface area contributed by atoms with Crippen molar-refractivity contribution in [1.29, 1.82) is 0 Å². The van der Waals surface area contributed by atoms with Crippen LogP contribution in [-0.2, 0) is 9.53 Å². The van der Waals surface area contributed by atoms with E-state index in [9.17, 15) is 9.59 Å². The minimum Gasteiger partial charge on any atom is -0.497 e. The lowest BCUT2D eigenvalue weighted by atomic mass is 9.87. The molecule has 8 heteroatoms. The van der Waals surface area contributed by atoms with E-state index in [2.05, 4.69) is 10.6 Å². The van der Waals surface area contributed by atoms with Gasteiger partial charge in [0.05, 0.1) is 20.1 Å². The number of urea groups is 1. The summed E-state index contributed by atoms with van der Waals surface area (Å²) in [5, 5.41) is 5.97. The zero-order chi connectivity index (χ0) is 22.3. The molecule has 1 aliphatic heterocycles. The van der Waals surface area contributed by atoms with Gasteiger partial charge in [-0.1, -0.05) is 6.07 Å². The Morgan fingerprint density at radius 3 is 2.47 bits per heavy atom. The van der Waals surface area contributed by atoms with E-state index in [1.807, 2.05) is 32.9 Å². The third-order valence-corrected chi connectivity index (χ3v) is 5.09. The van der Waals surface area contributed by atoms with Crippen molar-refractivity contribution in [2.45, 2.75) is 38.6 Å². The van der Waals surface area contributed by atoms with Crippen LogP contribution in [0.1, 0.15) is 38.7 Å². The Kier molecular flexibility index (Phi) is 8.34. The zero-order valence-electron chi connectivity index (χ0n) is 18.9. The maximum atomic E-state index is 13.0. The first-order valence-corrected chi connectivity index (χ1v) is 10.3. The normalized spacial score (nSPS) is 18.8. The predicted octanol–water partition coefficient (Wildman–Crippen LogP) is 2.38. The van der Waals surface area contributed by atoms with E-state index < -0.39 is 0 Å². The fourth-order valence-electron chi connectivity index (χ4n) is 3.63. The number of likely N-dealkylation sites (tertiary alicyclic amines) is 1. The number of hydrogen-bond acceptors (Lipinski definition) is 5. The molecule has 168 valence electrons. The molecule has 8 nitrogen and oxygen atoms in total. The molecule has 2 N–H and O–H groups in total. The maximum absolute atomic E-state index is 13.0. The Morgan fingerprint density at radius 1 is 1.13 bits per heavy atom. The smallest absolute Gasteiger partial charge is 0.317 e. The highest BCUT2D eigenvalue weighted by Gasteiger charge is 2.42. The molecule has 0 spiro atoms. The molecule has 30 heavy (non-hydrogen) atoms. The van der Waals surface area contributed by atoms with Crippen molar-refractivity contribution in [3.8, 4) is 11.5 Å². The highest BCUT2D eigenvalue weighted by molar-refractivity contribution is 5.83. The Morgan fingerprint density at radius 2 is 1.87 bits per heavy atom. The van der Waals surface area contributed by atoms with Gasteiger partial charge in [-0.3, -0.25) is 4.79 Å². The number of methoxy groups -OCH3 is 3. The van der Waals surface area contributed by atoms with Crippen LogP contribution in [-0.4, -0.2) is 69.9 Å². The number of benzene rings is 1. The summed E-state index contributed by atoms with van der Waals surface area (Å²) < 4.78 is 15.9. The molecule has 1 aliphatic rings. The van der Waals surface area contributed by atoms with Crippen LogP contribution in [0, 0.1) is 5.92 Å². The molecule has 2 rings (SSSR count). The van der Waals surface area contributed by atoms with E-state index in [0.29, 0.717) is 37.7 Å². The minimum atomic E-state index is -0.374. The highest BCUT2D eigenvalue weighted by atomic mass is 16.5. The van der Waals surface area contributed by atoms with Crippen LogP contribution in [0.25, 0.3) is 0 Å². The first kappa shape index (κ1) is 23.8. The van der Waals surface area contributed by atoms with Crippen LogP contribution in [0.3, 0.4) is 0 Å². The summed E-state index contributed by atoms with van der Waals surface area (Å²) in [4.78, 5) is 27.5. The number of amides is 3. The van der Waals surface area contributed by atoms with Crippen molar-refractivity contribution < 1.29 is 23.8 Å². The number of carbonyl (C=O) groups is 2. The van der Waals surface area contributed by atoms with Crippen LogP contribution >= 0.6 is 0 Å². The molecule has 1 fully saturated rings. The molecule has 2 atom stereocenters. The summed E-state index contributed by atoms with van der Waals surface area (Å²) in [7, 11) is 4.83. The fourth-order valence-corrected chi connectivity index (χ4v) is 3.63. The second-order valence-corrected chi connectivity index (χ2v) is 8.54. The second-order valence-electron chi connectivity index (χ2n) is 8.54. The van der Waals surface area contributed by atoms with Crippen LogP contribution in [0.4, 0.5) is 4.79 Å². The summed E-state index contributed by atoms with van der Waals surface area (Å²) in [6.45, 7) is 7.70. The molecule has 0 bridgehead atoms. The first-order valence-electron chi connectivity index (χ1n) is 10.3. The summed E-state index contributed by atoms with van der Waals surface area (Å²) in [5.41, 5.74) is 0.534. The van der Waals surface area contributed by atoms with Gasteiger partial charge >= 0.3 is 6.03 Å². The highest BCUT2D eigenvalue weighted by Crippen LogP contribution is 2.39. The third-order valence-electron chi connectivity index (χ3n) is 5.09. The lowest BCUT2D eigenvalue weighted by molar-refractivity contribution is -0.124. The first-order chi connectivity index (χ1) is 14.2. The molecule has 1 aromatic carbocycles. The van der Waals surface area contributed by atoms with Crippen molar-refractivity contribution in [3.63, 3.8) is 0 Å². The Labute approximate surface area is 179 Å². The molecule has 0 unspecified atom stereocenters. The zero-order valence-corrected chi connectivity index (χ0v) is 18.9. The van der Waals surface area contributed by atoms with Gasteiger partial charge in [0.25, 0.3) is 0 Å². The van der Waals surface area contributed by atoms with E-state index in [1.165, 1.54) is 0 Å². The van der Waals surface area contributed by atoms with Gasteiger partial charge in [0.15, 0.2) is 0 Å². The topological polar surface area (TPSA) is 89.1 Å². The molecule has 0 aliphatic carbocycles. The number of nitrogens with one attached hydrogen (secondary N) is 2. The van der Waals surface area contributed by atoms with E-state index in [4.69, 9.17) is 14.2 Å². The lowest BCUT2D eigenvalue weighted by Crippen LogP contribution is -2.48. The van der Waals surface area contributed by atoms with Crippen LogP contribution in [0.2, 0.25) is 0 Å². The van der Waals surface area contributed by atoms with Gasteiger partial charge in [-0.25, -0.2) is 4.79 Å². The van der Waals surface area contributed by atoms with E-state index in [1.54, 1.807) is 32.3 Å². The molecule has 1 saturated heterocycles. The standard InChI is InChI=1S/C22H35N3O5/c1-22(2,3)24-21(27)25-13-17(16-9-8-15(29-5)12-19(16)30-6)18(14-25)20(26)23-10-7-11-28-4/h8-9,12,17-18H,7,10-11,13-14H2,1-6H3,(H,23,26)(H,24,27)/t17-,18-/m1/s1. The largest absolute Gasteiger partial charge is 0.497 e. The van der Waals surface area contributed by atoms with Gasteiger partial charge in [-0.05, 0) is 33.3 Å². The van der Waals surface area contributed by atoms with Crippen LogP contribution in [0.5, 0.6) is 11.5 Å². The quantitative estimate of drug-likeness (QED) is 0.629. The molecule has 1 heterocycles.